The van der Waals surface area contributed by atoms with Crippen LogP contribution in [0.2, 0.25) is 0 Å². The van der Waals surface area contributed by atoms with Crippen LogP contribution in [-0.2, 0) is 0 Å². The van der Waals surface area contributed by atoms with E-state index in [1.165, 1.54) is 26.4 Å². The number of rotatable bonds is 3. The zero-order valence-corrected chi connectivity index (χ0v) is 15.7. The van der Waals surface area contributed by atoms with Crippen molar-refractivity contribution in [2.45, 2.75) is 6.04 Å². The maximum absolute atomic E-state index is 13.4. The standard InChI is InChI=1S/C20H17N5O4/c1-28-14-8-4-6-11(17(14)29-2)16-12(9-21)18(23)25-20(27)15-10(19(26)24(16)25)5-3-7-13(15)22/h3-8,16H,22-23H2,1-2H3. The fourth-order valence-electron chi connectivity index (χ4n) is 3.77. The highest BCUT2D eigenvalue weighted by molar-refractivity contribution is 5.92. The Hall–Kier alpha value is -4.19. The number of fused-ring (bicyclic) bond motifs is 2. The Kier molecular flexibility index (Phi) is 4.05. The van der Waals surface area contributed by atoms with Gasteiger partial charge in [0.25, 0.3) is 11.1 Å². The van der Waals surface area contributed by atoms with E-state index in [4.69, 9.17) is 20.9 Å². The topological polar surface area (TPSA) is 138 Å². The number of para-hydroxylation sites is 1. The number of anilines is 1. The molecule has 4 N–H and O–H groups in total. The molecule has 29 heavy (non-hydrogen) atoms. The molecule has 1 aliphatic heterocycles. The van der Waals surface area contributed by atoms with Gasteiger partial charge in [-0.2, -0.15) is 9.94 Å². The molecule has 2 heterocycles. The Morgan fingerprint density at radius 1 is 1.03 bits per heavy atom. The van der Waals surface area contributed by atoms with Crippen LogP contribution < -0.4 is 32.1 Å². The lowest BCUT2D eigenvalue weighted by Crippen LogP contribution is -2.38. The van der Waals surface area contributed by atoms with E-state index in [9.17, 15) is 14.9 Å². The van der Waals surface area contributed by atoms with Crippen molar-refractivity contribution in [3.63, 3.8) is 0 Å². The number of methoxy groups -OCH3 is 2. The molecule has 0 bridgehead atoms. The molecule has 1 atom stereocenters. The van der Waals surface area contributed by atoms with Crippen LogP contribution in [-0.4, -0.2) is 23.6 Å². The molecular weight excluding hydrogens is 374 g/mol. The summed E-state index contributed by atoms with van der Waals surface area (Å²) in [7, 11) is 2.93. The summed E-state index contributed by atoms with van der Waals surface area (Å²) in [5.41, 5.74) is 11.7. The zero-order chi connectivity index (χ0) is 20.9. The van der Waals surface area contributed by atoms with Gasteiger partial charge in [-0.25, -0.2) is 4.68 Å². The van der Waals surface area contributed by atoms with Crippen LogP contribution in [0.5, 0.6) is 11.5 Å². The lowest BCUT2D eigenvalue weighted by Gasteiger charge is -2.20. The van der Waals surface area contributed by atoms with Gasteiger partial charge in [-0.3, -0.25) is 9.59 Å². The van der Waals surface area contributed by atoms with Gasteiger partial charge in [-0.1, -0.05) is 18.2 Å². The number of aromatic nitrogens is 2. The number of benzene rings is 2. The quantitative estimate of drug-likeness (QED) is 0.636. The van der Waals surface area contributed by atoms with Crippen molar-refractivity contribution in [2.24, 2.45) is 5.73 Å². The number of hydrogen-bond donors (Lipinski definition) is 2. The van der Waals surface area contributed by atoms with Gasteiger partial charge in [0.1, 0.15) is 23.5 Å². The number of hydrogen-bond acceptors (Lipinski definition) is 7. The third-order valence-electron chi connectivity index (χ3n) is 5.03. The minimum absolute atomic E-state index is 0.0460. The molecule has 9 heteroatoms. The molecule has 4 rings (SSSR count). The predicted molar refractivity (Wildman–Crippen MR) is 108 cm³/mol. The van der Waals surface area contributed by atoms with Gasteiger partial charge in [-0.05, 0) is 18.2 Å². The summed E-state index contributed by atoms with van der Waals surface area (Å²) in [6.07, 6.45) is 0. The molecular formula is C20H17N5O4. The second-order valence-corrected chi connectivity index (χ2v) is 6.43. The van der Waals surface area contributed by atoms with Crippen LogP contribution in [0.15, 0.2) is 51.6 Å². The number of nitrogens with zero attached hydrogens (tertiary/aromatic N) is 3. The normalized spacial score (nSPS) is 15.3. The Bertz CT molecular complexity index is 1360. The molecule has 0 radical (unpaired) electrons. The van der Waals surface area contributed by atoms with Crippen molar-refractivity contribution >= 4 is 22.3 Å². The largest absolute Gasteiger partial charge is 0.493 e. The lowest BCUT2D eigenvalue weighted by atomic mass is 9.99. The van der Waals surface area contributed by atoms with Gasteiger partial charge in [-0.15, -0.1) is 0 Å². The molecule has 0 spiro atoms. The minimum atomic E-state index is -0.962. The summed E-state index contributed by atoms with van der Waals surface area (Å²) in [4.78, 5) is 26.5. The van der Waals surface area contributed by atoms with Gasteiger partial charge in [0, 0.05) is 11.3 Å². The monoisotopic (exact) mass is 391 g/mol. The average Bonchev–Trinajstić information content (AvgIpc) is 3.03. The van der Waals surface area contributed by atoms with Crippen molar-refractivity contribution in [3.05, 3.63) is 68.2 Å². The highest BCUT2D eigenvalue weighted by Crippen LogP contribution is 2.41. The SMILES string of the molecule is COc1cccc(C2C(C#N)=C(N)n3c(=O)c4c(N)cccc4c(=O)n32)c1OC. The van der Waals surface area contributed by atoms with Crippen LogP contribution in [0.4, 0.5) is 5.69 Å². The number of allylic oxidation sites excluding steroid dienone is 1. The molecule has 0 fully saturated rings. The highest BCUT2D eigenvalue weighted by atomic mass is 16.5. The highest BCUT2D eigenvalue weighted by Gasteiger charge is 2.37. The molecule has 1 aliphatic rings. The zero-order valence-electron chi connectivity index (χ0n) is 15.7. The van der Waals surface area contributed by atoms with Crippen molar-refractivity contribution in [3.8, 4) is 17.6 Å². The number of nitrogens with two attached hydrogens (primary N) is 2. The smallest absolute Gasteiger partial charge is 0.281 e. The second-order valence-electron chi connectivity index (χ2n) is 6.43. The first-order valence-electron chi connectivity index (χ1n) is 8.63. The Morgan fingerprint density at radius 2 is 1.76 bits per heavy atom. The number of nitrogen functional groups attached to an aromatic ring is 1. The van der Waals surface area contributed by atoms with Crippen LogP contribution in [0.1, 0.15) is 11.6 Å². The lowest BCUT2D eigenvalue weighted by molar-refractivity contribution is 0.348. The fraction of sp³-hybridized carbons (Fsp3) is 0.150. The van der Waals surface area contributed by atoms with Gasteiger partial charge in [0.15, 0.2) is 11.5 Å². The van der Waals surface area contributed by atoms with Gasteiger partial charge in [0.2, 0.25) is 0 Å². The third-order valence-corrected chi connectivity index (χ3v) is 5.03. The predicted octanol–water partition coefficient (Wildman–Crippen LogP) is 1.02. The summed E-state index contributed by atoms with van der Waals surface area (Å²) in [5, 5.41) is 9.99. The van der Waals surface area contributed by atoms with E-state index in [2.05, 4.69) is 0 Å². The average molecular weight is 391 g/mol. The number of ether oxygens (including phenoxy) is 2. The summed E-state index contributed by atoms with van der Waals surface area (Å²) < 4.78 is 13.0. The molecule has 146 valence electrons. The maximum Gasteiger partial charge on any atom is 0.281 e. The Balaban J connectivity index is 2.18. The summed E-state index contributed by atoms with van der Waals surface area (Å²) in [5.74, 6) is 0.621. The van der Waals surface area contributed by atoms with E-state index in [-0.39, 0.29) is 27.9 Å². The second kappa shape index (κ2) is 6.45. The van der Waals surface area contributed by atoms with Gasteiger partial charge >= 0.3 is 0 Å². The first kappa shape index (κ1) is 18.2. The first-order valence-corrected chi connectivity index (χ1v) is 8.63. The van der Waals surface area contributed by atoms with Crippen molar-refractivity contribution in [1.82, 2.24) is 9.36 Å². The molecule has 0 saturated carbocycles. The summed E-state index contributed by atoms with van der Waals surface area (Å²) >= 11 is 0. The van der Waals surface area contributed by atoms with Crippen LogP contribution in [0.25, 0.3) is 16.6 Å². The van der Waals surface area contributed by atoms with Crippen molar-refractivity contribution in [1.29, 1.82) is 5.26 Å². The fourth-order valence-corrected chi connectivity index (χ4v) is 3.77. The molecule has 1 aromatic heterocycles. The van der Waals surface area contributed by atoms with E-state index in [0.29, 0.717) is 17.1 Å². The van der Waals surface area contributed by atoms with Crippen molar-refractivity contribution < 1.29 is 9.47 Å². The van der Waals surface area contributed by atoms with Crippen molar-refractivity contribution in [2.75, 3.05) is 20.0 Å². The Morgan fingerprint density at radius 3 is 2.41 bits per heavy atom. The Labute approximate surface area is 164 Å². The van der Waals surface area contributed by atoms with Crippen LogP contribution in [0, 0.1) is 11.3 Å². The molecule has 1 unspecified atom stereocenters. The molecule has 2 aromatic carbocycles. The molecule has 3 aromatic rings. The maximum atomic E-state index is 13.4. The van der Waals surface area contributed by atoms with E-state index in [1.54, 1.807) is 24.3 Å². The van der Waals surface area contributed by atoms with Gasteiger partial charge < -0.3 is 20.9 Å². The van der Waals surface area contributed by atoms with Gasteiger partial charge in [0.05, 0.1) is 25.0 Å². The van der Waals surface area contributed by atoms with E-state index < -0.39 is 17.2 Å². The molecule has 0 saturated heterocycles. The first-order chi connectivity index (χ1) is 14.0. The summed E-state index contributed by atoms with van der Waals surface area (Å²) in [6.45, 7) is 0. The molecule has 0 amide bonds. The van der Waals surface area contributed by atoms with E-state index in [0.717, 1.165) is 9.36 Å². The van der Waals surface area contributed by atoms with Crippen LogP contribution >= 0.6 is 0 Å². The molecule has 0 aliphatic carbocycles. The van der Waals surface area contributed by atoms with E-state index in [1.807, 2.05) is 6.07 Å². The minimum Gasteiger partial charge on any atom is -0.493 e. The van der Waals surface area contributed by atoms with Crippen LogP contribution in [0.3, 0.4) is 0 Å². The third kappa shape index (κ3) is 2.32. The summed E-state index contributed by atoms with van der Waals surface area (Å²) in [6, 6.07) is 10.8. The molecule has 9 nitrogen and oxygen atoms in total. The van der Waals surface area contributed by atoms with E-state index >= 15 is 0 Å². The number of nitriles is 1.